The molecule has 0 aromatic carbocycles. The number of hydrogen-bond donors (Lipinski definition) is 12. The molecule has 0 bridgehead atoms. The van der Waals surface area contributed by atoms with Gasteiger partial charge in [-0.2, -0.15) is 0 Å². The molecule has 0 aliphatic carbocycles. The number of amides is 1. The van der Waals surface area contributed by atoms with Crippen LogP contribution in [0.4, 0.5) is 0 Å². The predicted octanol–water partition coefficient (Wildman–Crippen LogP) is 18.4. The van der Waals surface area contributed by atoms with E-state index in [-0.39, 0.29) is 18.9 Å². The van der Waals surface area contributed by atoms with Crippen LogP contribution in [0, 0.1) is 0 Å². The SMILES string of the molecule is CC/C=C\C/C=C\C/C=C\C/C=C\CCCCCCCCCCCCCCCCCCCCCCCCC(=O)NC(COC1OC(CO)C(OC2OC(CO)C(OC3OC(CO)C(O)C(O)C3O)C(O)C2O)C(O)C1O)C(O)CCCCCCCCCCCCCCCCCCCCCCCCCCCCCCCCCC. The fourth-order valence-corrected chi connectivity index (χ4v) is 16.0. The summed E-state index contributed by atoms with van der Waals surface area (Å²) in [6, 6.07) is -0.889. The lowest BCUT2D eigenvalue weighted by Gasteiger charge is -2.48. The molecule has 19 nitrogen and oxygen atoms in total. The van der Waals surface area contributed by atoms with Crippen molar-refractivity contribution in [2.75, 3.05) is 26.4 Å². The first-order valence-corrected chi connectivity index (χ1v) is 46.9. The largest absolute Gasteiger partial charge is 0.394 e. The van der Waals surface area contributed by atoms with Crippen LogP contribution in [-0.2, 0) is 33.2 Å². The van der Waals surface area contributed by atoms with Gasteiger partial charge in [0.25, 0.3) is 0 Å². The van der Waals surface area contributed by atoms with Gasteiger partial charge in [0.05, 0.1) is 38.6 Å². The van der Waals surface area contributed by atoms with Crippen molar-refractivity contribution in [3.05, 3.63) is 48.6 Å². The molecule has 3 aliphatic rings. The average Bonchev–Trinajstić information content (AvgIpc) is 0.782. The number of aliphatic hydroxyl groups is 11. The number of unbranched alkanes of at least 4 members (excludes halogenated alkanes) is 53. The summed E-state index contributed by atoms with van der Waals surface area (Å²) in [7, 11) is 0. The standard InChI is InChI=1S/C93H173NO18/c1-3-5-7-9-11-13-15-17-19-21-23-25-27-29-31-33-35-37-38-39-41-43-45-47-49-51-53-55-57-59-61-63-65-67-69-71-81(99)94-76(77(98)70-68-66-64-62-60-58-56-54-52-50-48-46-44-42-40-36-34-32-30-28-26-24-22-20-18-16-14-12-10-8-6-4-2)75-107-91-87(105)84(102)89(79(73-96)109-91)112-93-88(106)85(103)90(80(74-97)110-93)111-92-86(104)83(101)82(100)78(72-95)108-92/h5,7,11,13,17,19,23,25,76-80,82-93,95-98,100-106H,3-4,6,8-10,12,14-16,18,20-22,24,26-75H2,1-2H3,(H,94,99)/b7-5-,13-11-,19-17-,25-23-. The number of rotatable bonds is 77. The van der Waals surface area contributed by atoms with E-state index in [1.807, 2.05) is 0 Å². The lowest BCUT2D eigenvalue weighted by Crippen LogP contribution is -2.66. The van der Waals surface area contributed by atoms with Crippen LogP contribution >= 0.6 is 0 Å². The molecule has 0 radical (unpaired) electrons. The summed E-state index contributed by atoms with van der Waals surface area (Å²) in [5.74, 6) is -0.234. The molecule has 658 valence electrons. The summed E-state index contributed by atoms with van der Waals surface area (Å²) in [4.78, 5) is 13.6. The minimum Gasteiger partial charge on any atom is -0.394 e. The van der Waals surface area contributed by atoms with Crippen LogP contribution in [0.3, 0.4) is 0 Å². The fraction of sp³-hybridized carbons (Fsp3) is 0.903. The molecule has 112 heavy (non-hydrogen) atoms. The summed E-state index contributed by atoms with van der Waals surface area (Å²) in [5.41, 5.74) is 0. The van der Waals surface area contributed by atoms with Crippen molar-refractivity contribution in [2.24, 2.45) is 0 Å². The summed E-state index contributed by atoms with van der Waals surface area (Å²) >= 11 is 0. The molecule has 1 amide bonds. The van der Waals surface area contributed by atoms with Gasteiger partial charge >= 0.3 is 0 Å². The topological polar surface area (TPSA) is 307 Å². The van der Waals surface area contributed by atoms with Crippen molar-refractivity contribution in [3.8, 4) is 0 Å². The smallest absolute Gasteiger partial charge is 0.220 e. The van der Waals surface area contributed by atoms with Crippen LogP contribution in [0.2, 0.25) is 0 Å². The van der Waals surface area contributed by atoms with Crippen molar-refractivity contribution < 1.29 is 89.4 Å². The zero-order valence-electron chi connectivity index (χ0n) is 71.2. The maximum atomic E-state index is 13.6. The predicted molar refractivity (Wildman–Crippen MR) is 452 cm³/mol. The van der Waals surface area contributed by atoms with Crippen molar-refractivity contribution in [3.63, 3.8) is 0 Å². The van der Waals surface area contributed by atoms with Crippen molar-refractivity contribution >= 4 is 5.91 Å². The van der Waals surface area contributed by atoms with E-state index in [9.17, 15) is 61.0 Å². The number of hydrogen-bond acceptors (Lipinski definition) is 18. The minimum absolute atomic E-state index is 0.234. The van der Waals surface area contributed by atoms with Crippen LogP contribution in [0.15, 0.2) is 48.6 Å². The van der Waals surface area contributed by atoms with Gasteiger partial charge in [-0.15, -0.1) is 0 Å². The Bertz CT molecular complexity index is 2200. The molecule has 3 heterocycles. The van der Waals surface area contributed by atoms with Gasteiger partial charge in [-0.3, -0.25) is 4.79 Å². The van der Waals surface area contributed by atoms with Crippen molar-refractivity contribution in [2.45, 2.75) is 510 Å². The van der Waals surface area contributed by atoms with Gasteiger partial charge in [0, 0.05) is 6.42 Å². The first-order chi connectivity index (χ1) is 54.8. The van der Waals surface area contributed by atoms with Gasteiger partial charge in [-0.25, -0.2) is 0 Å². The molecule has 3 saturated heterocycles. The highest BCUT2D eigenvalue weighted by Crippen LogP contribution is 2.34. The van der Waals surface area contributed by atoms with Crippen LogP contribution in [0.5, 0.6) is 0 Å². The highest BCUT2D eigenvalue weighted by molar-refractivity contribution is 5.76. The molecule has 19 heteroatoms. The third-order valence-electron chi connectivity index (χ3n) is 23.4. The lowest BCUT2D eigenvalue weighted by molar-refractivity contribution is -0.379. The maximum absolute atomic E-state index is 13.6. The second-order valence-electron chi connectivity index (χ2n) is 33.5. The quantitative estimate of drug-likeness (QED) is 0.0199. The molecule has 12 N–H and O–H groups in total. The number of ether oxygens (including phenoxy) is 6. The zero-order valence-corrected chi connectivity index (χ0v) is 71.2. The zero-order chi connectivity index (χ0) is 81.0. The van der Waals surface area contributed by atoms with E-state index in [2.05, 4.69) is 67.8 Å². The maximum Gasteiger partial charge on any atom is 0.220 e. The Morgan fingerprint density at radius 2 is 0.616 bits per heavy atom. The van der Waals surface area contributed by atoms with Crippen molar-refractivity contribution in [1.29, 1.82) is 0 Å². The molecule has 0 saturated carbocycles. The van der Waals surface area contributed by atoms with Gasteiger partial charge in [-0.05, 0) is 51.4 Å². The first-order valence-electron chi connectivity index (χ1n) is 46.9. The van der Waals surface area contributed by atoms with Gasteiger partial charge in [0.1, 0.15) is 73.2 Å². The Labute approximate surface area is 682 Å². The normalized spacial score (nSPS) is 25.1. The monoisotopic (exact) mass is 1590 g/mol. The van der Waals surface area contributed by atoms with Crippen LogP contribution in [0.1, 0.15) is 406 Å². The van der Waals surface area contributed by atoms with E-state index < -0.39 is 124 Å². The number of allylic oxidation sites excluding steroid dienone is 8. The van der Waals surface area contributed by atoms with E-state index in [0.717, 1.165) is 70.6 Å². The number of carbonyl (C=O) groups excluding carboxylic acids is 1. The van der Waals surface area contributed by atoms with E-state index in [4.69, 9.17) is 28.4 Å². The Kier molecular flexibility index (Phi) is 67.5. The van der Waals surface area contributed by atoms with E-state index in [0.29, 0.717) is 12.8 Å². The number of aliphatic hydroxyl groups excluding tert-OH is 11. The molecular formula is C93H173NO18. The fourth-order valence-electron chi connectivity index (χ4n) is 16.0. The summed E-state index contributed by atoms with van der Waals surface area (Å²) in [6.07, 6.45) is 68.0. The molecule has 0 aromatic heterocycles. The van der Waals surface area contributed by atoms with Gasteiger partial charge in [-0.1, -0.05) is 396 Å². The van der Waals surface area contributed by atoms with Crippen LogP contribution < -0.4 is 5.32 Å². The first kappa shape index (κ1) is 104. The Morgan fingerprint density at radius 1 is 0.330 bits per heavy atom. The van der Waals surface area contributed by atoms with E-state index in [1.54, 1.807) is 0 Å². The third-order valence-corrected chi connectivity index (χ3v) is 23.4. The Morgan fingerprint density at radius 3 is 0.964 bits per heavy atom. The molecule has 3 fully saturated rings. The summed E-state index contributed by atoms with van der Waals surface area (Å²) in [6.45, 7) is 1.76. The van der Waals surface area contributed by atoms with Crippen LogP contribution in [0.25, 0.3) is 0 Å². The highest BCUT2D eigenvalue weighted by Gasteiger charge is 2.54. The highest BCUT2D eigenvalue weighted by atomic mass is 16.8. The molecule has 3 aliphatic heterocycles. The molecular weight excluding hydrogens is 1420 g/mol. The molecule has 3 rings (SSSR count). The summed E-state index contributed by atoms with van der Waals surface area (Å²) < 4.78 is 34.6. The number of carbonyl (C=O) groups is 1. The second kappa shape index (κ2) is 72.7. The van der Waals surface area contributed by atoms with Crippen LogP contribution in [-0.4, -0.2) is 193 Å². The van der Waals surface area contributed by atoms with E-state index in [1.165, 1.54) is 302 Å². The van der Waals surface area contributed by atoms with Gasteiger partial charge in [0.2, 0.25) is 5.91 Å². The Hall–Kier alpha value is -2.25. The average molecular weight is 1590 g/mol. The van der Waals surface area contributed by atoms with Crippen molar-refractivity contribution in [1.82, 2.24) is 5.32 Å². The van der Waals surface area contributed by atoms with E-state index >= 15 is 0 Å². The molecule has 0 aromatic rings. The minimum atomic E-state index is -1.97. The second-order valence-corrected chi connectivity index (χ2v) is 33.5. The molecule has 17 atom stereocenters. The van der Waals surface area contributed by atoms with Gasteiger partial charge < -0.3 is 89.9 Å². The summed E-state index contributed by atoms with van der Waals surface area (Å²) in [5, 5.41) is 121. The third kappa shape index (κ3) is 50.6. The Balaban J connectivity index is 1.30. The number of nitrogens with one attached hydrogen (secondary N) is 1. The van der Waals surface area contributed by atoms with Gasteiger partial charge in [0.15, 0.2) is 18.9 Å². The lowest BCUT2D eigenvalue weighted by atomic mass is 9.96. The molecule has 17 unspecified atom stereocenters. The molecule has 0 spiro atoms.